The van der Waals surface area contributed by atoms with Crippen LogP contribution in [0.5, 0.6) is 5.75 Å². The van der Waals surface area contributed by atoms with E-state index in [-0.39, 0.29) is 24.5 Å². The predicted octanol–water partition coefficient (Wildman–Crippen LogP) is 2.24. The monoisotopic (exact) mass is 440 g/mol. The normalized spacial score (nSPS) is 13.8. The zero-order valence-electron chi connectivity index (χ0n) is 19.2. The fourth-order valence-electron chi connectivity index (χ4n) is 3.60. The van der Waals surface area contributed by atoms with E-state index in [9.17, 15) is 9.59 Å². The molecule has 1 aromatic heterocycles. The number of methoxy groups -OCH3 is 1. The number of carbonyl (C=O) groups is 2. The molecule has 2 heterocycles. The highest BCUT2D eigenvalue weighted by Crippen LogP contribution is 2.23. The lowest BCUT2D eigenvalue weighted by atomic mass is 10.1. The van der Waals surface area contributed by atoms with Crippen LogP contribution in [0.25, 0.3) is 11.3 Å². The number of piperazine rings is 1. The standard InChI is InChI=1S/C23H32N6O3/c1-5-24-23(31)29(17(2)3)16-22(30)28-13-11-27(12-14-28)21-10-9-20(25-26-21)18-7-6-8-19(15-18)32-4/h6-10,15,17H,5,11-14,16H2,1-4H3,(H,24,31). The summed E-state index contributed by atoms with van der Waals surface area (Å²) >= 11 is 0. The van der Waals surface area contributed by atoms with Crippen LogP contribution in [-0.4, -0.2) is 84.4 Å². The summed E-state index contributed by atoms with van der Waals surface area (Å²) in [5, 5.41) is 11.5. The smallest absolute Gasteiger partial charge is 0.318 e. The number of nitrogens with one attached hydrogen (secondary N) is 1. The number of hydrogen-bond acceptors (Lipinski definition) is 6. The van der Waals surface area contributed by atoms with Crippen LogP contribution in [0.1, 0.15) is 20.8 Å². The van der Waals surface area contributed by atoms with Gasteiger partial charge in [0.2, 0.25) is 5.91 Å². The van der Waals surface area contributed by atoms with Crippen molar-refractivity contribution in [1.29, 1.82) is 0 Å². The van der Waals surface area contributed by atoms with Crippen LogP contribution in [0.15, 0.2) is 36.4 Å². The molecule has 1 N–H and O–H groups in total. The van der Waals surface area contributed by atoms with E-state index in [1.54, 1.807) is 12.0 Å². The third kappa shape index (κ3) is 5.66. The summed E-state index contributed by atoms with van der Waals surface area (Å²) in [6.07, 6.45) is 0. The highest BCUT2D eigenvalue weighted by atomic mass is 16.5. The lowest BCUT2D eigenvalue weighted by Crippen LogP contribution is -2.54. The number of ether oxygens (including phenoxy) is 1. The fraction of sp³-hybridized carbons (Fsp3) is 0.478. The average Bonchev–Trinajstić information content (AvgIpc) is 2.82. The van der Waals surface area contributed by atoms with Gasteiger partial charge in [-0.3, -0.25) is 4.79 Å². The Labute approximate surface area is 189 Å². The number of aromatic nitrogens is 2. The van der Waals surface area contributed by atoms with Gasteiger partial charge in [-0.2, -0.15) is 0 Å². The predicted molar refractivity (Wildman–Crippen MR) is 124 cm³/mol. The lowest BCUT2D eigenvalue weighted by Gasteiger charge is -2.36. The van der Waals surface area contributed by atoms with Gasteiger partial charge in [-0.15, -0.1) is 10.2 Å². The molecule has 0 saturated carbocycles. The summed E-state index contributed by atoms with van der Waals surface area (Å²) in [4.78, 5) is 30.5. The van der Waals surface area contributed by atoms with Crippen LogP contribution in [-0.2, 0) is 4.79 Å². The minimum atomic E-state index is -0.208. The topological polar surface area (TPSA) is 90.9 Å². The van der Waals surface area contributed by atoms with E-state index in [4.69, 9.17) is 4.74 Å². The van der Waals surface area contributed by atoms with Crippen molar-refractivity contribution in [2.24, 2.45) is 0 Å². The summed E-state index contributed by atoms with van der Waals surface area (Å²) in [5.74, 6) is 1.52. The number of urea groups is 1. The molecule has 0 atom stereocenters. The molecule has 172 valence electrons. The Kier molecular flexibility index (Phi) is 7.86. The second kappa shape index (κ2) is 10.8. The number of hydrogen-bond donors (Lipinski definition) is 1. The van der Waals surface area contributed by atoms with E-state index >= 15 is 0 Å². The molecule has 1 saturated heterocycles. The molecule has 32 heavy (non-hydrogen) atoms. The maximum atomic E-state index is 12.8. The van der Waals surface area contributed by atoms with Gasteiger partial charge in [0, 0.05) is 44.3 Å². The Balaban J connectivity index is 1.57. The maximum absolute atomic E-state index is 12.8. The molecule has 9 nitrogen and oxygen atoms in total. The molecule has 2 aromatic rings. The molecule has 0 radical (unpaired) electrons. The molecule has 0 bridgehead atoms. The van der Waals surface area contributed by atoms with Crippen LogP contribution in [0.3, 0.4) is 0 Å². The summed E-state index contributed by atoms with van der Waals surface area (Å²) in [6, 6.07) is 11.4. The number of rotatable bonds is 7. The SMILES string of the molecule is CCNC(=O)N(CC(=O)N1CCN(c2ccc(-c3cccc(OC)c3)nn2)CC1)C(C)C. The Bertz CT molecular complexity index is 910. The average molecular weight is 441 g/mol. The van der Waals surface area contributed by atoms with Gasteiger partial charge in [-0.05, 0) is 45.0 Å². The summed E-state index contributed by atoms with van der Waals surface area (Å²) < 4.78 is 5.27. The van der Waals surface area contributed by atoms with Crippen molar-refractivity contribution in [3.05, 3.63) is 36.4 Å². The molecule has 0 unspecified atom stereocenters. The maximum Gasteiger partial charge on any atom is 0.318 e. The minimum Gasteiger partial charge on any atom is -0.497 e. The van der Waals surface area contributed by atoms with E-state index in [2.05, 4.69) is 20.4 Å². The van der Waals surface area contributed by atoms with Gasteiger partial charge in [0.15, 0.2) is 5.82 Å². The number of amides is 3. The van der Waals surface area contributed by atoms with E-state index < -0.39 is 0 Å². The molecule has 0 aliphatic carbocycles. The van der Waals surface area contributed by atoms with Crippen molar-refractivity contribution in [3.63, 3.8) is 0 Å². The van der Waals surface area contributed by atoms with Crippen LogP contribution in [0.2, 0.25) is 0 Å². The van der Waals surface area contributed by atoms with Crippen molar-refractivity contribution >= 4 is 17.8 Å². The van der Waals surface area contributed by atoms with Crippen LogP contribution in [0.4, 0.5) is 10.6 Å². The molecule has 1 aromatic carbocycles. The Hall–Kier alpha value is -3.36. The molecule has 9 heteroatoms. The summed E-state index contributed by atoms with van der Waals surface area (Å²) in [7, 11) is 1.64. The van der Waals surface area contributed by atoms with Crippen molar-refractivity contribution in [2.75, 3.05) is 51.3 Å². The second-order valence-corrected chi connectivity index (χ2v) is 7.93. The molecular formula is C23H32N6O3. The third-order valence-electron chi connectivity index (χ3n) is 5.49. The van der Waals surface area contributed by atoms with Crippen molar-refractivity contribution in [3.8, 4) is 17.0 Å². The highest BCUT2D eigenvalue weighted by molar-refractivity contribution is 5.84. The number of anilines is 1. The first-order valence-corrected chi connectivity index (χ1v) is 11.0. The fourth-order valence-corrected chi connectivity index (χ4v) is 3.60. The highest BCUT2D eigenvalue weighted by Gasteiger charge is 2.26. The van der Waals surface area contributed by atoms with E-state index in [0.29, 0.717) is 32.7 Å². The quantitative estimate of drug-likeness (QED) is 0.710. The summed E-state index contributed by atoms with van der Waals surface area (Å²) in [6.45, 7) is 8.81. The van der Waals surface area contributed by atoms with Gasteiger partial charge >= 0.3 is 6.03 Å². The van der Waals surface area contributed by atoms with Crippen LogP contribution < -0.4 is 15.0 Å². The Morgan fingerprint density at radius 1 is 1.12 bits per heavy atom. The van der Waals surface area contributed by atoms with Gasteiger partial charge in [0.05, 0.1) is 12.8 Å². The van der Waals surface area contributed by atoms with Gasteiger partial charge in [0.25, 0.3) is 0 Å². The molecule has 1 fully saturated rings. The number of carbonyl (C=O) groups excluding carboxylic acids is 2. The Morgan fingerprint density at radius 3 is 2.47 bits per heavy atom. The Morgan fingerprint density at radius 2 is 1.88 bits per heavy atom. The molecule has 3 amide bonds. The largest absolute Gasteiger partial charge is 0.497 e. The zero-order valence-corrected chi connectivity index (χ0v) is 19.2. The minimum absolute atomic E-state index is 0.0379. The zero-order chi connectivity index (χ0) is 23.1. The van der Waals surface area contributed by atoms with Gasteiger partial charge in [0.1, 0.15) is 12.3 Å². The van der Waals surface area contributed by atoms with Gasteiger partial charge < -0.3 is 24.8 Å². The number of nitrogens with zero attached hydrogens (tertiary/aromatic N) is 5. The van der Waals surface area contributed by atoms with Crippen molar-refractivity contribution in [2.45, 2.75) is 26.8 Å². The molecule has 3 rings (SSSR count). The summed E-state index contributed by atoms with van der Waals surface area (Å²) in [5.41, 5.74) is 1.72. The van der Waals surface area contributed by atoms with Crippen LogP contribution >= 0.6 is 0 Å². The molecule has 1 aliphatic rings. The molecule has 0 spiro atoms. The molecular weight excluding hydrogens is 408 g/mol. The van der Waals surface area contributed by atoms with Crippen molar-refractivity contribution < 1.29 is 14.3 Å². The molecule has 1 aliphatic heterocycles. The van der Waals surface area contributed by atoms with Crippen molar-refractivity contribution in [1.82, 2.24) is 25.3 Å². The second-order valence-electron chi connectivity index (χ2n) is 7.93. The van der Waals surface area contributed by atoms with Gasteiger partial charge in [-0.1, -0.05) is 12.1 Å². The van der Waals surface area contributed by atoms with E-state index in [1.807, 2.05) is 62.1 Å². The first-order chi connectivity index (χ1) is 15.4. The third-order valence-corrected chi connectivity index (χ3v) is 5.49. The van der Waals surface area contributed by atoms with Gasteiger partial charge in [-0.25, -0.2) is 4.79 Å². The van der Waals surface area contributed by atoms with E-state index in [0.717, 1.165) is 22.8 Å². The first kappa shape index (κ1) is 23.3. The van der Waals surface area contributed by atoms with Crippen LogP contribution in [0, 0.1) is 0 Å². The lowest BCUT2D eigenvalue weighted by molar-refractivity contribution is -0.132. The number of benzene rings is 1. The van der Waals surface area contributed by atoms with E-state index in [1.165, 1.54) is 0 Å². The first-order valence-electron chi connectivity index (χ1n) is 11.0.